The molecule has 0 aliphatic carbocycles. The van der Waals surface area contributed by atoms with Crippen molar-refractivity contribution >= 4 is 12.2 Å². The van der Waals surface area contributed by atoms with Crippen LogP contribution in [0.5, 0.6) is 0 Å². The maximum atomic E-state index is 12.2. The molecule has 2 aliphatic rings. The highest BCUT2D eigenvalue weighted by Crippen LogP contribution is 2.18. The first-order valence-electron chi connectivity index (χ1n) is 8.34. The van der Waals surface area contributed by atoms with Gasteiger partial charge in [0.15, 0.2) is 0 Å². The van der Waals surface area contributed by atoms with Gasteiger partial charge >= 0.3 is 12.2 Å². The van der Waals surface area contributed by atoms with Crippen LogP contribution in [0.15, 0.2) is 0 Å². The van der Waals surface area contributed by atoms with Crippen molar-refractivity contribution < 1.29 is 23.8 Å². The van der Waals surface area contributed by atoms with E-state index in [4.69, 9.17) is 14.2 Å². The lowest BCUT2D eigenvalue weighted by Gasteiger charge is -2.40. The molecule has 0 aromatic carbocycles. The molecule has 2 fully saturated rings. The molecule has 0 bridgehead atoms. The van der Waals surface area contributed by atoms with E-state index >= 15 is 0 Å². The highest BCUT2D eigenvalue weighted by Gasteiger charge is 2.37. The molecule has 8 nitrogen and oxygen atoms in total. The van der Waals surface area contributed by atoms with Crippen LogP contribution in [0.1, 0.15) is 20.8 Å². The van der Waals surface area contributed by atoms with Gasteiger partial charge in [-0.1, -0.05) is 0 Å². The van der Waals surface area contributed by atoms with Crippen LogP contribution in [-0.2, 0) is 14.2 Å². The summed E-state index contributed by atoms with van der Waals surface area (Å²) in [5.41, 5.74) is -0.520. The van der Waals surface area contributed by atoms with Gasteiger partial charge in [0.05, 0.1) is 32.3 Å². The number of likely N-dealkylation sites (tertiary alicyclic amines) is 1. The van der Waals surface area contributed by atoms with Gasteiger partial charge in [-0.05, 0) is 34.9 Å². The van der Waals surface area contributed by atoms with Gasteiger partial charge < -0.3 is 28.9 Å². The molecular weight excluding hydrogens is 314 g/mol. The van der Waals surface area contributed by atoms with Gasteiger partial charge in [0.1, 0.15) is 11.7 Å². The second-order valence-electron chi connectivity index (χ2n) is 7.59. The Morgan fingerprint density at radius 3 is 2.38 bits per heavy atom. The van der Waals surface area contributed by atoms with E-state index < -0.39 is 5.60 Å². The van der Waals surface area contributed by atoms with Crippen LogP contribution in [0, 0.1) is 0 Å². The summed E-state index contributed by atoms with van der Waals surface area (Å²) in [5, 5.41) is 0. The molecule has 0 spiro atoms. The van der Waals surface area contributed by atoms with Crippen molar-refractivity contribution in [2.75, 3.05) is 53.4 Å². The summed E-state index contributed by atoms with van der Waals surface area (Å²) in [5.74, 6) is 0. The zero-order chi connectivity index (χ0) is 17.9. The third-order valence-electron chi connectivity index (χ3n) is 3.73. The Balaban J connectivity index is 1.71. The van der Waals surface area contributed by atoms with Gasteiger partial charge in [-0.3, -0.25) is 0 Å². The quantitative estimate of drug-likeness (QED) is 0.761. The topological polar surface area (TPSA) is 71.6 Å². The van der Waals surface area contributed by atoms with Crippen molar-refractivity contribution in [1.29, 1.82) is 0 Å². The summed E-state index contributed by atoms with van der Waals surface area (Å²) in [6.45, 7) is 8.57. The first-order chi connectivity index (χ1) is 11.1. The van der Waals surface area contributed by atoms with Gasteiger partial charge in [-0.2, -0.15) is 0 Å². The third kappa shape index (κ3) is 5.52. The molecule has 2 amide bonds. The standard InChI is InChI=1S/C16H29N3O5/c1-16(2,3)24-15(21)19-10-13(11-19)23-14(20)18-6-7-22-12(9-18)8-17(4)5/h12-13H,6-11H2,1-5H3. The molecule has 2 rings (SSSR count). The van der Waals surface area contributed by atoms with Crippen LogP contribution in [0.25, 0.3) is 0 Å². The van der Waals surface area contributed by atoms with E-state index in [1.165, 1.54) is 4.90 Å². The largest absolute Gasteiger partial charge is 0.444 e. The van der Waals surface area contributed by atoms with Gasteiger partial charge in [0.2, 0.25) is 0 Å². The number of morpholine rings is 1. The van der Waals surface area contributed by atoms with Crippen LogP contribution in [0.3, 0.4) is 0 Å². The molecule has 1 unspecified atom stereocenters. The lowest BCUT2D eigenvalue weighted by Crippen LogP contribution is -2.58. The predicted molar refractivity (Wildman–Crippen MR) is 87.9 cm³/mol. The molecule has 2 aliphatic heterocycles. The Kier molecular flexibility index (Phi) is 5.92. The van der Waals surface area contributed by atoms with E-state index in [2.05, 4.69) is 0 Å². The van der Waals surface area contributed by atoms with Crippen LogP contribution in [0.2, 0.25) is 0 Å². The third-order valence-corrected chi connectivity index (χ3v) is 3.73. The van der Waals surface area contributed by atoms with E-state index in [0.717, 1.165) is 6.54 Å². The number of hydrogen-bond acceptors (Lipinski definition) is 6. The maximum absolute atomic E-state index is 12.2. The zero-order valence-electron chi connectivity index (χ0n) is 15.3. The smallest absolute Gasteiger partial charge is 0.410 e. The number of amides is 2. The zero-order valence-corrected chi connectivity index (χ0v) is 15.3. The summed E-state index contributed by atoms with van der Waals surface area (Å²) in [7, 11) is 3.94. The van der Waals surface area contributed by atoms with E-state index in [1.54, 1.807) is 4.90 Å². The molecule has 0 aromatic heterocycles. The molecule has 24 heavy (non-hydrogen) atoms. The van der Waals surface area contributed by atoms with E-state index in [1.807, 2.05) is 39.8 Å². The van der Waals surface area contributed by atoms with Crippen LogP contribution in [-0.4, -0.2) is 98.1 Å². The van der Waals surface area contributed by atoms with E-state index in [-0.39, 0.29) is 24.4 Å². The molecule has 1 atom stereocenters. The normalized spacial score (nSPS) is 22.3. The fraction of sp³-hybridized carbons (Fsp3) is 0.875. The summed E-state index contributed by atoms with van der Waals surface area (Å²) >= 11 is 0. The summed E-state index contributed by atoms with van der Waals surface area (Å²) in [6.07, 6.45) is -0.968. The Morgan fingerprint density at radius 1 is 1.12 bits per heavy atom. The minimum absolute atomic E-state index is 0.000882. The predicted octanol–water partition coefficient (Wildman–Crippen LogP) is 1.00. The van der Waals surface area contributed by atoms with Gasteiger partial charge in [0, 0.05) is 13.1 Å². The number of likely N-dealkylation sites (N-methyl/N-ethyl adjacent to an activating group) is 1. The van der Waals surface area contributed by atoms with Crippen molar-refractivity contribution in [3.05, 3.63) is 0 Å². The first kappa shape index (κ1) is 18.8. The van der Waals surface area contributed by atoms with Crippen molar-refractivity contribution in [2.24, 2.45) is 0 Å². The van der Waals surface area contributed by atoms with Gasteiger partial charge in [0.25, 0.3) is 0 Å². The number of carbonyl (C=O) groups excluding carboxylic acids is 2. The molecule has 8 heteroatoms. The molecule has 2 saturated heterocycles. The summed E-state index contributed by atoms with van der Waals surface area (Å²) < 4.78 is 16.4. The maximum Gasteiger partial charge on any atom is 0.410 e. The van der Waals surface area contributed by atoms with Crippen LogP contribution in [0.4, 0.5) is 9.59 Å². The lowest BCUT2D eigenvalue weighted by atomic mass is 10.2. The lowest BCUT2D eigenvalue weighted by molar-refractivity contribution is -0.0643. The van der Waals surface area contributed by atoms with Crippen LogP contribution < -0.4 is 0 Å². The Bertz CT molecular complexity index is 457. The fourth-order valence-corrected chi connectivity index (χ4v) is 2.61. The molecule has 0 radical (unpaired) electrons. The van der Waals surface area contributed by atoms with Crippen molar-refractivity contribution in [2.45, 2.75) is 38.6 Å². The number of nitrogens with zero attached hydrogens (tertiary/aromatic N) is 3. The number of carbonyl (C=O) groups is 2. The molecule has 0 saturated carbocycles. The number of ether oxygens (including phenoxy) is 3. The average Bonchev–Trinajstić information content (AvgIpc) is 2.39. The molecule has 2 heterocycles. The van der Waals surface area contributed by atoms with Crippen LogP contribution >= 0.6 is 0 Å². The highest BCUT2D eigenvalue weighted by molar-refractivity contribution is 5.71. The van der Waals surface area contributed by atoms with E-state index in [9.17, 15) is 9.59 Å². The average molecular weight is 343 g/mol. The Hall–Kier alpha value is -1.54. The molecule has 0 aromatic rings. The SMILES string of the molecule is CN(C)CC1CN(C(=O)OC2CN(C(=O)OC(C)(C)C)C2)CCO1. The highest BCUT2D eigenvalue weighted by atomic mass is 16.6. The Labute approximate surface area is 143 Å². The fourth-order valence-electron chi connectivity index (χ4n) is 2.61. The minimum atomic E-state index is -0.520. The molecule has 0 N–H and O–H groups in total. The number of hydrogen-bond donors (Lipinski definition) is 0. The monoisotopic (exact) mass is 343 g/mol. The van der Waals surface area contributed by atoms with E-state index in [0.29, 0.717) is 32.8 Å². The van der Waals surface area contributed by atoms with Crippen molar-refractivity contribution in [3.63, 3.8) is 0 Å². The second kappa shape index (κ2) is 7.57. The molecule has 138 valence electrons. The van der Waals surface area contributed by atoms with Gasteiger partial charge in [-0.25, -0.2) is 9.59 Å². The van der Waals surface area contributed by atoms with Crippen molar-refractivity contribution in [3.8, 4) is 0 Å². The van der Waals surface area contributed by atoms with Gasteiger partial charge in [-0.15, -0.1) is 0 Å². The van der Waals surface area contributed by atoms with Crippen molar-refractivity contribution in [1.82, 2.24) is 14.7 Å². The summed E-state index contributed by atoms with van der Waals surface area (Å²) in [4.78, 5) is 29.3. The summed E-state index contributed by atoms with van der Waals surface area (Å²) in [6, 6.07) is 0. The second-order valence-corrected chi connectivity index (χ2v) is 7.59. The minimum Gasteiger partial charge on any atom is -0.444 e. The number of rotatable bonds is 3. The Morgan fingerprint density at radius 2 is 1.79 bits per heavy atom. The molecular formula is C16H29N3O5. The first-order valence-corrected chi connectivity index (χ1v) is 8.34.